The van der Waals surface area contributed by atoms with Crippen LogP contribution in [0.15, 0.2) is 23.3 Å². The Bertz CT molecular complexity index is 620. The van der Waals surface area contributed by atoms with E-state index < -0.39 is 10.5 Å². The van der Waals surface area contributed by atoms with Crippen molar-refractivity contribution >= 4 is 22.3 Å². The molecule has 1 aromatic carbocycles. The van der Waals surface area contributed by atoms with Gasteiger partial charge in [-0.3, -0.25) is 14.9 Å². The fourth-order valence-electron chi connectivity index (χ4n) is 1.56. The number of aromatic nitrogens is 2. The largest absolute Gasteiger partial charge is 0.382 e. The van der Waals surface area contributed by atoms with Gasteiger partial charge in [-0.2, -0.15) is 4.98 Å². The second-order valence-corrected chi connectivity index (χ2v) is 3.10. The van der Waals surface area contributed by atoms with E-state index in [1.807, 2.05) is 0 Å². The van der Waals surface area contributed by atoms with Gasteiger partial charge in [0, 0.05) is 13.1 Å². The number of aromatic amines is 1. The van der Waals surface area contributed by atoms with Crippen LogP contribution in [0.1, 0.15) is 0 Å². The summed E-state index contributed by atoms with van der Waals surface area (Å²) < 4.78 is 0. The van der Waals surface area contributed by atoms with Crippen LogP contribution in [0.3, 0.4) is 0 Å². The fourth-order valence-corrected chi connectivity index (χ4v) is 1.56. The Labute approximate surface area is 89.3 Å². The van der Waals surface area contributed by atoms with Crippen LogP contribution < -0.4 is 10.9 Å². The van der Waals surface area contributed by atoms with E-state index in [-0.39, 0.29) is 16.8 Å². The number of rotatable bonds is 2. The standard InChI is InChI=1S/C9H8N4O3/c1-10-8-6(13(15)16)3-2-5-7(8)9(14)12-4-11-5/h2-4,10H,1H3,(H,11,12,14). The Morgan fingerprint density at radius 1 is 1.50 bits per heavy atom. The predicted octanol–water partition coefficient (Wildman–Crippen LogP) is 0.873. The summed E-state index contributed by atoms with van der Waals surface area (Å²) in [6, 6.07) is 2.82. The molecule has 0 saturated heterocycles. The van der Waals surface area contributed by atoms with Crippen molar-refractivity contribution in [1.29, 1.82) is 0 Å². The lowest BCUT2D eigenvalue weighted by Crippen LogP contribution is -2.10. The second kappa shape index (κ2) is 3.61. The molecule has 0 radical (unpaired) electrons. The van der Waals surface area contributed by atoms with E-state index in [2.05, 4.69) is 15.3 Å². The lowest BCUT2D eigenvalue weighted by atomic mass is 10.2. The van der Waals surface area contributed by atoms with E-state index in [1.165, 1.54) is 25.5 Å². The molecule has 2 aromatic rings. The quantitative estimate of drug-likeness (QED) is 0.577. The molecular formula is C9H8N4O3. The van der Waals surface area contributed by atoms with E-state index in [1.54, 1.807) is 0 Å². The van der Waals surface area contributed by atoms with Crippen LogP contribution >= 0.6 is 0 Å². The summed E-state index contributed by atoms with van der Waals surface area (Å²) >= 11 is 0. The van der Waals surface area contributed by atoms with Crippen LogP contribution in [0.2, 0.25) is 0 Å². The molecule has 0 spiro atoms. The van der Waals surface area contributed by atoms with Gasteiger partial charge in [0.05, 0.1) is 22.2 Å². The summed E-state index contributed by atoms with van der Waals surface area (Å²) in [6.45, 7) is 0. The molecule has 0 fully saturated rings. The molecule has 0 unspecified atom stereocenters. The lowest BCUT2D eigenvalue weighted by molar-refractivity contribution is -0.383. The zero-order valence-corrected chi connectivity index (χ0v) is 8.35. The third-order valence-electron chi connectivity index (χ3n) is 2.25. The molecule has 0 amide bonds. The third-order valence-corrected chi connectivity index (χ3v) is 2.25. The van der Waals surface area contributed by atoms with E-state index in [4.69, 9.17) is 0 Å². The summed E-state index contributed by atoms with van der Waals surface area (Å²) in [5.41, 5.74) is 0.0436. The van der Waals surface area contributed by atoms with Gasteiger partial charge in [0.2, 0.25) is 0 Å². The number of nitro benzene ring substituents is 1. The molecule has 0 aliphatic rings. The number of nitrogens with zero attached hydrogens (tertiary/aromatic N) is 2. The van der Waals surface area contributed by atoms with Gasteiger partial charge in [-0.1, -0.05) is 0 Å². The average Bonchev–Trinajstić information content (AvgIpc) is 2.27. The molecule has 7 nitrogen and oxygen atoms in total. The molecule has 0 aliphatic carbocycles. The maximum absolute atomic E-state index is 11.5. The highest BCUT2D eigenvalue weighted by molar-refractivity contribution is 5.95. The monoisotopic (exact) mass is 220 g/mol. The van der Waals surface area contributed by atoms with Crippen molar-refractivity contribution in [3.63, 3.8) is 0 Å². The molecule has 2 N–H and O–H groups in total. The highest BCUT2D eigenvalue weighted by Gasteiger charge is 2.17. The van der Waals surface area contributed by atoms with E-state index in [9.17, 15) is 14.9 Å². The van der Waals surface area contributed by atoms with E-state index in [0.717, 1.165) is 0 Å². The number of fused-ring (bicyclic) bond motifs is 1. The highest BCUT2D eigenvalue weighted by atomic mass is 16.6. The zero-order chi connectivity index (χ0) is 11.7. The Hall–Kier alpha value is -2.44. The Kier molecular flexibility index (Phi) is 2.28. The second-order valence-electron chi connectivity index (χ2n) is 3.10. The van der Waals surface area contributed by atoms with Gasteiger partial charge in [-0.05, 0) is 6.07 Å². The highest BCUT2D eigenvalue weighted by Crippen LogP contribution is 2.29. The molecule has 0 aliphatic heterocycles. The molecule has 7 heteroatoms. The van der Waals surface area contributed by atoms with Crippen LogP contribution in [0.4, 0.5) is 11.4 Å². The summed E-state index contributed by atoms with van der Waals surface area (Å²) in [5, 5.41) is 13.6. The van der Waals surface area contributed by atoms with Gasteiger partial charge in [-0.25, -0.2) is 0 Å². The first-order valence-electron chi connectivity index (χ1n) is 4.47. The molecule has 82 valence electrons. The summed E-state index contributed by atoms with van der Waals surface area (Å²) in [6.07, 6.45) is 1.26. The van der Waals surface area contributed by atoms with Gasteiger partial charge in [0.1, 0.15) is 5.69 Å². The number of H-pyrrole nitrogens is 1. The van der Waals surface area contributed by atoms with Crippen LogP contribution in [0, 0.1) is 10.1 Å². The molecule has 2 rings (SSSR count). The molecular weight excluding hydrogens is 212 g/mol. The third kappa shape index (κ3) is 1.38. The topological polar surface area (TPSA) is 101 Å². The fraction of sp³-hybridized carbons (Fsp3) is 0.111. The van der Waals surface area contributed by atoms with E-state index in [0.29, 0.717) is 5.52 Å². The van der Waals surface area contributed by atoms with Crippen molar-refractivity contribution in [2.24, 2.45) is 0 Å². The normalized spacial score (nSPS) is 10.3. The Balaban J connectivity index is 2.95. The van der Waals surface area contributed by atoms with Crippen LogP contribution in [-0.4, -0.2) is 21.9 Å². The van der Waals surface area contributed by atoms with Crippen LogP contribution in [-0.2, 0) is 0 Å². The number of hydrogen-bond donors (Lipinski definition) is 2. The van der Waals surface area contributed by atoms with Crippen molar-refractivity contribution in [3.05, 3.63) is 38.9 Å². The number of nitrogens with one attached hydrogen (secondary N) is 2. The van der Waals surface area contributed by atoms with Gasteiger partial charge in [-0.15, -0.1) is 0 Å². The molecule has 16 heavy (non-hydrogen) atoms. The number of hydrogen-bond acceptors (Lipinski definition) is 5. The molecule has 1 aromatic heterocycles. The first kappa shape index (κ1) is 10.1. The first-order chi connectivity index (χ1) is 7.65. The van der Waals surface area contributed by atoms with Gasteiger partial charge >= 0.3 is 0 Å². The van der Waals surface area contributed by atoms with Gasteiger partial charge in [0.25, 0.3) is 11.2 Å². The van der Waals surface area contributed by atoms with E-state index >= 15 is 0 Å². The van der Waals surface area contributed by atoms with Gasteiger partial charge < -0.3 is 10.3 Å². The minimum atomic E-state index is -0.544. The number of nitro groups is 1. The van der Waals surface area contributed by atoms with Crippen molar-refractivity contribution in [3.8, 4) is 0 Å². The van der Waals surface area contributed by atoms with Crippen molar-refractivity contribution in [2.45, 2.75) is 0 Å². The van der Waals surface area contributed by atoms with Crippen molar-refractivity contribution in [1.82, 2.24) is 9.97 Å². The molecule has 0 saturated carbocycles. The SMILES string of the molecule is CNc1c([N+](=O)[O-])ccc2[nH]cnc(=O)c12. The maximum atomic E-state index is 11.5. The maximum Gasteiger partial charge on any atom is 0.293 e. The summed E-state index contributed by atoms with van der Waals surface area (Å²) in [5.74, 6) is 0. The minimum Gasteiger partial charge on any atom is -0.382 e. The van der Waals surface area contributed by atoms with Crippen LogP contribution in [0.25, 0.3) is 10.9 Å². The minimum absolute atomic E-state index is 0.145. The summed E-state index contributed by atoms with van der Waals surface area (Å²) in [4.78, 5) is 28.1. The first-order valence-corrected chi connectivity index (χ1v) is 4.47. The molecule has 0 atom stereocenters. The number of benzene rings is 1. The number of anilines is 1. The smallest absolute Gasteiger partial charge is 0.293 e. The zero-order valence-electron chi connectivity index (χ0n) is 8.35. The predicted molar refractivity (Wildman–Crippen MR) is 58.6 cm³/mol. The van der Waals surface area contributed by atoms with Gasteiger partial charge in [0.15, 0.2) is 0 Å². The molecule has 0 bridgehead atoms. The molecule has 1 heterocycles. The van der Waals surface area contributed by atoms with Crippen molar-refractivity contribution in [2.75, 3.05) is 12.4 Å². The van der Waals surface area contributed by atoms with Crippen LogP contribution in [0.5, 0.6) is 0 Å². The Morgan fingerprint density at radius 2 is 2.25 bits per heavy atom. The Morgan fingerprint density at radius 3 is 2.88 bits per heavy atom. The van der Waals surface area contributed by atoms with Crippen molar-refractivity contribution < 1.29 is 4.92 Å². The summed E-state index contributed by atoms with van der Waals surface area (Å²) in [7, 11) is 1.52. The lowest BCUT2D eigenvalue weighted by Gasteiger charge is -2.04. The average molecular weight is 220 g/mol.